The summed E-state index contributed by atoms with van der Waals surface area (Å²) in [7, 11) is 0. The van der Waals surface area contributed by atoms with Gasteiger partial charge in [0.25, 0.3) is 0 Å². The Morgan fingerprint density at radius 3 is 2.91 bits per heavy atom. The molecule has 0 radical (unpaired) electrons. The molecule has 0 saturated heterocycles. The van der Waals surface area contributed by atoms with E-state index in [9.17, 15) is 4.79 Å². The van der Waals surface area contributed by atoms with Crippen LogP contribution in [0.25, 0.3) is 11.0 Å². The van der Waals surface area contributed by atoms with E-state index in [2.05, 4.69) is 23.5 Å². The number of para-hydroxylation sites is 1. The molecule has 0 saturated carbocycles. The minimum atomic E-state index is -0.0415. The van der Waals surface area contributed by atoms with Gasteiger partial charge in [-0.3, -0.25) is 4.79 Å². The van der Waals surface area contributed by atoms with Crippen molar-refractivity contribution in [2.75, 3.05) is 5.32 Å². The quantitative estimate of drug-likeness (QED) is 0.762. The molecule has 1 aliphatic heterocycles. The highest BCUT2D eigenvalue weighted by atomic mass is 16.3. The summed E-state index contributed by atoms with van der Waals surface area (Å²) in [6, 6.07) is 15.9. The molecule has 4 rings (SSSR count). The molecule has 4 heteroatoms. The van der Waals surface area contributed by atoms with Crippen molar-refractivity contribution in [3.63, 3.8) is 0 Å². The Morgan fingerprint density at radius 2 is 2.04 bits per heavy atom. The van der Waals surface area contributed by atoms with E-state index in [-0.39, 0.29) is 18.0 Å². The van der Waals surface area contributed by atoms with Gasteiger partial charge in [0, 0.05) is 11.8 Å². The van der Waals surface area contributed by atoms with E-state index in [0.717, 1.165) is 18.4 Å². The van der Waals surface area contributed by atoms with Gasteiger partial charge < -0.3 is 15.5 Å². The van der Waals surface area contributed by atoms with Gasteiger partial charge in [0.15, 0.2) is 5.43 Å². The first-order valence-electron chi connectivity index (χ1n) is 7.86. The molecule has 4 nitrogen and oxygen atoms in total. The van der Waals surface area contributed by atoms with Crippen LogP contribution in [0.1, 0.15) is 29.3 Å². The molecule has 2 aromatic carbocycles. The Bertz CT molecular complexity index is 930. The summed E-state index contributed by atoms with van der Waals surface area (Å²) in [6.45, 7) is 0.227. The summed E-state index contributed by atoms with van der Waals surface area (Å²) in [5.41, 5.74) is 9.82. The topological polar surface area (TPSA) is 68.3 Å². The molecule has 0 aliphatic carbocycles. The second-order valence-electron chi connectivity index (χ2n) is 5.93. The molecule has 0 fully saturated rings. The highest BCUT2D eigenvalue weighted by Gasteiger charge is 2.19. The summed E-state index contributed by atoms with van der Waals surface area (Å²) in [5.74, 6) is 0.515. The second-order valence-corrected chi connectivity index (χ2v) is 5.93. The fourth-order valence-corrected chi connectivity index (χ4v) is 3.23. The fourth-order valence-electron chi connectivity index (χ4n) is 3.23. The van der Waals surface area contributed by atoms with Gasteiger partial charge in [-0.25, -0.2) is 0 Å². The van der Waals surface area contributed by atoms with Crippen LogP contribution in [-0.4, -0.2) is 0 Å². The number of nitrogens with two attached hydrogens (primary N) is 1. The van der Waals surface area contributed by atoms with Crippen LogP contribution in [0.2, 0.25) is 0 Å². The lowest BCUT2D eigenvalue weighted by Crippen LogP contribution is -2.18. The van der Waals surface area contributed by atoms with Crippen molar-refractivity contribution in [3.05, 3.63) is 75.6 Å². The molecule has 0 amide bonds. The first-order valence-corrected chi connectivity index (χ1v) is 7.86. The van der Waals surface area contributed by atoms with Crippen LogP contribution < -0.4 is 16.5 Å². The molecule has 0 spiro atoms. The third-order valence-electron chi connectivity index (χ3n) is 4.46. The summed E-state index contributed by atoms with van der Waals surface area (Å²) in [4.78, 5) is 12.1. The van der Waals surface area contributed by atoms with Crippen LogP contribution in [0.5, 0.6) is 0 Å². The standard InChI is InChI=1S/C19H18N2O2/c20-11-14-10-18(22)15-7-5-13(9-19(15)23-14)17-8-6-12-3-1-2-4-16(12)21-17/h1-5,7,9-10,17,21H,6,8,11,20H2. The van der Waals surface area contributed by atoms with Gasteiger partial charge in [0.1, 0.15) is 11.3 Å². The van der Waals surface area contributed by atoms with Crippen LogP contribution in [0.15, 0.2) is 57.7 Å². The van der Waals surface area contributed by atoms with E-state index < -0.39 is 0 Å². The predicted molar refractivity (Wildman–Crippen MR) is 91.5 cm³/mol. The van der Waals surface area contributed by atoms with Gasteiger partial charge in [0.2, 0.25) is 0 Å². The lowest BCUT2D eigenvalue weighted by Gasteiger charge is -2.27. The highest BCUT2D eigenvalue weighted by molar-refractivity contribution is 5.77. The van der Waals surface area contributed by atoms with E-state index in [1.807, 2.05) is 24.3 Å². The number of aryl methyl sites for hydroxylation is 1. The monoisotopic (exact) mass is 306 g/mol. The lowest BCUT2D eigenvalue weighted by atomic mass is 9.93. The zero-order chi connectivity index (χ0) is 15.8. The van der Waals surface area contributed by atoms with Gasteiger partial charge in [-0.05, 0) is 42.2 Å². The molecule has 3 aromatic rings. The zero-order valence-corrected chi connectivity index (χ0v) is 12.7. The number of fused-ring (bicyclic) bond motifs is 2. The van der Waals surface area contributed by atoms with Crippen LogP contribution in [0, 0.1) is 0 Å². The number of hydrogen-bond acceptors (Lipinski definition) is 4. The van der Waals surface area contributed by atoms with Crippen molar-refractivity contribution in [2.24, 2.45) is 5.73 Å². The average Bonchev–Trinajstić information content (AvgIpc) is 2.60. The van der Waals surface area contributed by atoms with Crippen molar-refractivity contribution in [2.45, 2.75) is 25.4 Å². The average molecular weight is 306 g/mol. The summed E-state index contributed by atoms with van der Waals surface area (Å²) >= 11 is 0. The van der Waals surface area contributed by atoms with Gasteiger partial charge in [0.05, 0.1) is 18.0 Å². The van der Waals surface area contributed by atoms with E-state index in [0.29, 0.717) is 16.7 Å². The Hall–Kier alpha value is -2.59. The van der Waals surface area contributed by atoms with Crippen LogP contribution in [0.4, 0.5) is 5.69 Å². The number of benzene rings is 2. The maximum atomic E-state index is 12.1. The normalized spacial score (nSPS) is 16.8. The molecule has 2 heterocycles. The van der Waals surface area contributed by atoms with Crippen molar-refractivity contribution < 1.29 is 4.42 Å². The molecule has 1 unspecified atom stereocenters. The first kappa shape index (κ1) is 14.0. The summed E-state index contributed by atoms with van der Waals surface area (Å²) in [5, 5.41) is 4.18. The Kier molecular flexibility index (Phi) is 3.39. The first-order chi connectivity index (χ1) is 11.2. The van der Waals surface area contributed by atoms with Gasteiger partial charge in [-0.15, -0.1) is 0 Å². The molecular weight excluding hydrogens is 288 g/mol. The van der Waals surface area contributed by atoms with Crippen molar-refractivity contribution in [1.29, 1.82) is 0 Å². The minimum Gasteiger partial charge on any atom is -0.459 e. The Morgan fingerprint density at radius 1 is 1.17 bits per heavy atom. The van der Waals surface area contributed by atoms with Crippen LogP contribution in [-0.2, 0) is 13.0 Å². The smallest absolute Gasteiger partial charge is 0.192 e. The maximum Gasteiger partial charge on any atom is 0.192 e. The van der Waals surface area contributed by atoms with Crippen molar-refractivity contribution in [1.82, 2.24) is 0 Å². The molecule has 23 heavy (non-hydrogen) atoms. The third kappa shape index (κ3) is 2.51. The third-order valence-corrected chi connectivity index (χ3v) is 4.46. The zero-order valence-electron chi connectivity index (χ0n) is 12.7. The lowest BCUT2D eigenvalue weighted by molar-refractivity contribution is 0.538. The summed E-state index contributed by atoms with van der Waals surface area (Å²) < 4.78 is 5.74. The number of anilines is 1. The fraction of sp³-hybridized carbons (Fsp3) is 0.211. The predicted octanol–water partition coefficient (Wildman–Crippen LogP) is 3.35. The van der Waals surface area contributed by atoms with Gasteiger partial charge in [-0.1, -0.05) is 24.3 Å². The van der Waals surface area contributed by atoms with E-state index >= 15 is 0 Å². The molecular formula is C19H18N2O2. The number of rotatable bonds is 2. The maximum absolute atomic E-state index is 12.1. The largest absolute Gasteiger partial charge is 0.459 e. The molecule has 1 aliphatic rings. The Balaban J connectivity index is 1.74. The van der Waals surface area contributed by atoms with Gasteiger partial charge >= 0.3 is 0 Å². The molecule has 116 valence electrons. The molecule has 1 atom stereocenters. The molecule has 1 aromatic heterocycles. The molecule has 0 bridgehead atoms. The number of nitrogens with one attached hydrogen (secondary N) is 1. The number of hydrogen-bond donors (Lipinski definition) is 2. The van der Waals surface area contributed by atoms with Crippen molar-refractivity contribution >= 4 is 16.7 Å². The van der Waals surface area contributed by atoms with E-state index in [1.165, 1.54) is 17.3 Å². The second kappa shape index (κ2) is 5.56. The van der Waals surface area contributed by atoms with E-state index in [1.54, 1.807) is 0 Å². The van der Waals surface area contributed by atoms with Crippen molar-refractivity contribution in [3.8, 4) is 0 Å². The molecule has 3 N–H and O–H groups in total. The van der Waals surface area contributed by atoms with E-state index in [4.69, 9.17) is 10.2 Å². The van der Waals surface area contributed by atoms with Crippen LogP contribution in [0.3, 0.4) is 0 Å². The van der Waals surface area contributed by atoms with Crippen LogP contribution >= 0.6 is 0 Å². The Labute approximate surface area is 133 Å². The summed E-state index contributed by atoms with van der Waals surface area (Å²) in [6.07, 6.45) is 2.06. The minimum absolute atomic E-state index is 0.0415. The highest BCUT2D eigenvalue weighted by Crippen LogP contribution is 2.33. The SMILES string of the molecule is NCc1cc(=O)c2ccc(C3CCc4ccccc4N3)cc2o1. The van der Waals surface area contributed by atoms with Gasteiger partial charge in [-0.2, -0.15) is 0 Å².